The van der Waals surface area contributed by atoms with Gasteiger partial charge in [0.1, 0.15) is 5.65 Å². The number of aliphatic hydroxyl groups is 1. The second-order valence-electron chi connectivity index (χ2n) is 8.20. The van der Waals surface area contributed by atoms with Crippen LogP contribution in [0.4, 0.5) is 8.78 Å². The summed E-state index contributed by atoms with van der Waals surface area (Å²) in [5, 5.41) is 10.3. The van der Waals surface area contributed by atoms with Gasteiger partial charge < -0.3 is 25.7 Å². The van der Waals surface area contributed by atoms with E-state index in [1.165, 1.54) is 6.07 Å². The lowest BCUT2D eigenvalue weighted by Crippen LogP contribution is -2.31. The molecule has 0 aliphatic heterocycles. The van der Waals surface area contributed by atoms with Gasteiger partial charge in [-0.1, -0.05) is 0 Å². The molecule has 33 heavy (non-hydrogen) atoms. The van der Waals surface area contributed by atoms with Crippen LogP contribution in [0.5, 0.6) is 5.75 Å². The van der Waals surface area contributed by atoms with E-state index in [9.17, 15) is 13.9 Å². The Balaban J connectivity index is 1.97. The summed E-state index contributed by atoms with van der Waals surface area (Å²) in [6.07, 6.45) is 3.67. The van der Waals surface area contributed by atoms with Gasteiger partial charge >= 0.3 is 0 Å². The minimum atomic E-state index is -1.27. The van der Waals surface area contributed by atoms with Crippen molar-refractivity contribution in [1.29, 1.82) is 0 Å². The Bertz CT molecular complexity index is 1230. The van der Waals surface area contributed by atoms with Crippen molar-refractivity contribution in [2.45, 2.75) is 39.3 Å². The molecule has 2 heterocycles. The predicted molar refractivity (Wildman–Crippen MR) is 125 cm³/mol. The quantitative estimate of drug-likeness (QED) is 0.448. The van der Waals surface area contributed by atoms with Gasteiger partial charge in [-0.15, -0.1) is 0 Å². The number of hydrogen-bond acceptors (Lipinski definition) is 6. The van der Waals surface area contributed by atoms with E-state index in [4.69, 9.17) is 16.2 Å². The van der Waals surface area contributed by atoms with E-state index >= 15 is 0 Å². The summed E-state index contributed by atoms with van der Waals surface area (Å²) in [4.78, 5) is 8.42. The number of benzene rings is 1. The highest BCUT2D eigenvalue weighted by Gasteiger charge is 2.23. The van der Waals surface area contributed by atoms with Crippen molar-refractivity contribution in [3.8, 4) is 16.9 Å². The molecule has 9 heteroatoms. The van der Waals surface area contributed by atoms with Crippen LogP contribution in [0, 0.1) is 11.6 Å². The van der Waals surface area contributed by atoms with E-state index < -0.39 is 17.2 Å². The predicted octanol–water partition coefficient (Wildman–Crippen LogP) is 3.58. The van der Waals surface area contributed by atoms with Crippen molar-refractivity contribution in [2.75, 3.05) is 13.7 Å². The summed E-state index contributed by atoms with van der Waals surface area (Å²) in [7, 11) is 1.61. The molecule has 0 aliphatic carbocycles. The van der Waals surface area contributed by atoms with E-state index in [-0.39, 0.29) is 31.0 Å². The first-order valence-electron chi connectivity index (χ1n) is 10.5. The minimum absolute atomic E-state index is 0.00623. The number of rotatable bonds is 8. The second kappa shape index (κ2) is 9.68. The summed E-state index contributed by atoms with van der Waals surface area (Å²) < 4.78 is 36.4. The van der Waals surface area contributed by atoms with Crippen molar-refractivity contribution >= 4 is 11.4 Å². The first-order chi connectivity index (χ1) is 15.6. The number of nitrogens with zero attached hydrogens (tertiary/aromatic N) is 3. The highest BCUT2D eigenvalue weighted by Crippen LogP contribution is 2.34. The zero-order chi connectivity index (χ0) is 24.3. The molecule has 1 aromatic carbocycles. The second-order valence-corrected chi connectivity index (χ2v) is 8.20. The number of aliphatic imine (C=N–C) groups is 1. The van der Waals surface area contributed by atoms with E-state index in [1.54, 1.807) is 56.7 Å². The summed E-state index contributed by atoms with van der Waals surface area (Å²) in [5.74, 6) is -2.31. The third kappa shape index (κ3) is 5.04. The first kappa shape index (κ1) is 24.3. The number of fused-ring (bicyclic) bond motifs is 1. The fraction of sp³-hybridized carbons (Fsp3) is 0.333. The number of ether oxygens (including phenoxy) is 1. The Labute approximate surface area is 191 Å². The molecule has 0 bridgehead atoms. The molecule has 0 unspecified atom stereocenters. The fourth-order valence-corrected chi connectivity index (χ4v) is 3.51. The van der Waals surface area contributed by atoms with Crippen LogP contribution < -0.4 is 16.2 Å². The molecule has 176 valence electrons. The number of hydrogen-bond donors (Lipinski definition) is 3. The van der Waals surface area contributed by atoms with Crippen LogP contribution in [0.25, 0.3) is 16.8 Å². The maximum atomic E-state index is 14.8. The van der Waals surface area contributed by atoms with Crippen LogP contribution in [-0.4, -0.2) is 39.5 Å². The summed E-state index contributed by atoms with van der Waals surface area (Å²) in [6.45, 7) is 5.17. The lowest BCUT2D eigenvalue weighted by Gasteiger charge is -2.23. The van der Waals surface area contributed by atoms with Crippen LogP contribution in [-0.2, 0) is 6.54 Å². The van der Waals surface area contributed by atoms with Crippen molar-refractivity contribution in [1.82, 2.24) is 9.38 Å². The molecule has 3 rings (SSSR count). The Morgan fingerprint density at radius 1 is 1.24 bits per heavy atom. The van der Waals surface area contributed by atoms with Crippen LogP contribution in [0.2, 0.25) is 0 Å². The van der Waals surface area contributed by atoms with Gasteiger partial charge in [-0.25, -0.2) is 9.37 Å². The third-order valence-electron chi connectivity index (χ3n) is 5.51. The molecule has 5 N–H and O–H groups in total. The van der Waals surface area contributed by atoms with Gasteiger partial charge in [0, 0.05) is 48.7 Å². The lowest BCUT2D eigenvalue weighted by atomic mass is 9.96. The summed E-state index contributed by atoms with van der Waals surface area (Å²) >= 11 is 0. The molecule has 0 saturated heterocycles. The first-order valence-corrected chi connectivity index (χ1v) is 10.5. The normalized spacial score (nSPS) is 13.4. The standard InChI is InChI=1S/C24H29F2N5O2/c1-14(29-4)17(23(28)24(2,3)32)9-10-33-22-18(6-7-19(25)21(22)26)15-5-8-20-30-12-16(11-27)31(20)13-15/h5-8,12-13,32H,9-11,27-28H2,1-4H3/b23-17-,29-14?. The van der Waals surface area contributed by atoms with Gasteiger partial charge in [-0.2, -0.15) is 4.39 Å². The Kier molecular flexibility index (Phi) is 7.14. The number of aromatic nitrogens is 2. The molecule has 2 aromatic heterocycles. The molecule has 0 saturated carbocycles. The van der Waals surface area contributed by atoms with Crippen molar-refractivity contribution in [2.24, 2.45) is 16.5 Å². The van der Waals surface area contributed by atoms with Crippen LogP contribution in [0.3, 0.4) is 0 Å². The van der Waals surface area contributed by atoms with Crippen LogP contribution in [0.15, 0.2) is 52.9 Å². The molecule has 3 aromatic rings. The maximum Gasteiger partial charge on any atom is 0.201 e. The monoisotopic (exact) mass is 457 g/mol. The summed E-state index contributed by atoms with van der Waals surface area (Å²) in [6, 6.07) is 6.05. The van der Waals surface area contributed by atoms with Gasteiger partial charge in [0.25, 0.3) is 0 Å². The van der Waals surface area contributed by atoms with E-state index in [0.717, 1.165) is 11.8 Å². The van der Waals surface area contributed by atoms with Crippen LogP contribution >= 0.6 is 0 Å². The average molecular weight is 458 g/mol. The number of halogens is 2. The van der Waals surface area contributed by atoms with Crippen molar-refractivity contribution < 1.29 is 18.6 Å². The maximum absolute atomic E-state index is 14.8. The number of imidazole rings is 1. The Morgan fingerprint density at radius 3 is 2.61 bits per heavy atom. The largest absolute Gasteiger partial charge is 0.489 e. The molecule has 0 radical (unpaired) electrons. The van der Waals surface area contributed by atoms with Crippen LogP contribution in [0.1, 0.15) is 32.9 Å². The fourth-order valence-electron chi connectivity index (χ4n) is 3.51. The zero-order valence-electron chi connectivity index (χ0n) is 19.2. The van der Waals surface area contributed by atoms with E-state index in [2.05, 4.69) is 9.98 Å². The van der Waals surface area contributed by atoms with Crippen molar-refractivity contribution in [3.05, 3.63) is 65.3 Å². The molecule has 0 amide bonds. The molecular weight excluding hydrogens is 428 g/mol. The summed E-state index contributed by atoms with van der Waals surface area (Å²) in [5.41, 5.74) is 14.6. The minimum Gasteiger partial charge on any atom is -0.489 e. The molecule has 0 spiro atoms. The van der Waals surface area contributed by atoms with E-state index in [0.29, 0.717) is 28.1 Å². The van der Waals surface area contributed by atoms with Gasteiger partial charge in [0.05, 0.1) is 24.1 Å². The molecular formula is C24H29F2N5O2. The van der Waals surface area contributed by atoms with Gasteiger partial charge in [0.2, 0.25) is 5.82 Å². The van der Waals surface area contributed by atoms with Gasteiger partial charge in [0.15, 0.2) is 11.6 Å². The molecule has 7 nitrogen and oxygen atoms in total. The van der Waals surface area contributed by atoms with Gasteiger partial charge in [-0.05, 0) is 50.6 Å². The highest BCUT2D eigenvalue weighted by molar-refractivity contribution is 5.99. The average Bonchev–Trinajstić information content (AvgIpc) is 3.20. The number of pyridine rings is 1. The highest BCUT2D eigenvalue weighted by atomic mass is 19.2. The van der Waals surface area contributed by atoms with E-state index in [1.807, 2.05) is 0 Å². The smallest absolute Gasteiger partial charge is 0.201 e. The Morgan fingerprint density at radius 2 is 1.97 bits per heavy atom. The molecule has 0 atom stereocenters. The van der Waals surface area contributed by atoms with Crippen molar-refractivity contribution in [3.63, 3.8) is 0 Å². The van der Waals surface area contributed by atoms with Gasteiger partial charge in [-0.3, -0.25) is 4.99 Å². The topological polar surface area (TPSA) is 111 Å². The zero-order valence-corrected chi connectivity index (χ0v) is 19.2. The molecule has 0 aliphatic rings. The number of nitrogens with two attached hydrogens (primary N) is 2. The Hall–Kier alpha value is -3.30. The SMILES string of the molecule is CN=C(C)/C(CCOc1c(-c2ccc3ncc(CN)n3c2)ccc(F)c1F)=C(\N)C(C)(C)O. The lowest BCUT2D eigenvalue weighted by molar-refractivity contribution is 0.117. The third-order valence-corrected chi connectivity index (χ3v) is 5.51. The molecule has 0 fully saturated rings.